The second-order valence-electron chi connectivity index (χ2n) is 2.36. The van der Waals surface area contributed by atoms with E-state index in [9.17, 15) is 0 Å². The highest BCUT2D eigenvalue weighted by atomic mass is 32.4. The highest BCUT2D eigenvalue weighted by Gasteiger charge is 2.16. The maximum atomic E-state index is 5.50. The minimum absolute atomic E-state index is 0.900. The number of thiocarbonyl (C=S) groups is 1. The third-order valence-corrected chi connectivity index (χ3v) is 8.30. The van der Waals surface area contributed by atoms with Crippen LogP contribution in [-0.2, 0) is 11.8 Å². The Morgan fingerprint density at radius 3 is 2.00 bits per heavy atom. The molecule has 0 atom stereocenters. The van der Waals surface area contributed by atoms with Gasteiger partial charge in [-0.3, -0.25) is 0 Å². The zero-order chi connectivity index (χ0) is 8.91. The Morgan fingerprint density at radius 2 is 1.73 bits per heavy atom. The van der Waals surface area contributed by atoms with Crippen molar-refractivity contribution >= 4 is 34.8 Å². The van der Waals surface area contributed by atoms with Crippen molar-refractivity contribution in [2.45, 2.75) is 20.8 Å². The molecule has 0 spiro atoms. The largest absolute Gasteiger partial charge is 0.376 e. The van der Waals surface area contributed by atoms with E-state index in [1.807, 2.05) is 0 Å². The summed E-state index contributed by atoms with van der Waals surface area (Å²) in [7, 11) is 0. The van der Waals surface area contributed by atoms with E-state index in [2.05, 4.69) is 26.1 Å². The first-order valence-electron chi connectivity index (χ1n) is 3.97. The average molecular weight is 209 g/mol. The van der Waals surface area contributed by atoms with Gasteiger partial charge in [0.2, 0.25) is 0 Å². The Kier molecular flexibility index (Phi) is 5.49. The topological polar surface area (TPSA) is 12.0 Å². The molecule has 0 saturated carbocycles. The van der Waals surface area contributed by atoms with Crippen LogP contribution in [0, 0.1) is 0 Å². The molecule has 0 aromatic heterocycles. The fraction of sp³-hybridized carbons (Fsp3) is 0.857. The van der Waals surface area contributed by atoms with Gasteiger partial charge in [0.15, 0.2) is 0 Å². The van der Waals surface area contributed by atoms with Crippen molar-refractivity contribution in [1.29, 1.82) is 0 Å². The van der Waals surface area contributed by atoms with Crippen molar-refractivity contribution in [2.24, 2.45) is 0 Å². The minimum atomic E-state index is -1.34. The van der Waals surface area contributed by atoms with Crippen LogP contribution in [0.5, 0.6) is 0 Å². The molecule has 0 aromatic carbocycles. The molecule has 0 aliphatic rings. The minimum Gasteiger partial charge on any atom is -0.376 e. The molecule has 0 unspecified atom stereocenters. The van der Waals surface area contributed by atoms with Gasteiger partial charge in [0.1, 0.15) is 4.73 Å². The standard InChI is InChI=1S/C7H16NPS2/c1-4-8-7(10)9(11,5-2)6-3/h4-6H2,1-3H3,(H,8,10). The molecule has 4 heteroatoms. The number of hydrogen-bond acceptors (Lipinski definition) is 2. The predicted molar refractivity (Wildman–Crippen MR) is 61.6 cm³/mol. The fourth-order valence-corrected chi connectivity index (χ4v) is 3.39. The van der Waals surface area contributed by atoms with Gasteiger partial charge >= 0.3 is 0 Å². The van der Waals surface area contributed by atoms with E-state index in [-0.39, 0.29) is 0 Å². The zero-order valence-corrected chi connectivity index (χ0v) is 9.91. The Labute approximate surface area is 80.0 Å². The number of rotatable bonds is 4. The molecule has 0 saturated heterocycles. The van der Waals surface area contributed by atoms with Crippen LogP contribution in [-0.4, -0.2) is 23.6 Å². The summed E-state index contributed by atoms with van der Waals surface area (Å²) < 4.78 is 0.944. The van der Waals surface area contributed by atoms with E-state index in [1.54, 1.807) is 0 Å². The van der Waals surface area contributed by atoms with Crippen molar-refractivity contribution < 1.29 is 0 Å². The summed E-state index contributed by atoms with van der Waals surface area (Å²) in [6, 6.07) is -1.34. The van der Waals surface area contributed by atoms with E-state index >= 15 is 0 Å². The van der Waals surface area contributed by atoms with Crippen LogP contribution in [0.3, 0.4) is 0 Å². The van der Waals surface area contributed by atoms with E-state index in [0.717, 1.165) is 23.6 Å². The van der Waals surface area contributed by atoms with Crippen molar-refractivity contribution in [1.82, 2.24) is 5.32 Å². The summed E-state index contributed by atoms with van der Waals surface area (Å²) in [4.78, 5) is 0. The number of hydrogen-bond donors (Lipinski definition) is 1. The normalized spacial score (nSPS) is 11.2. The summed E-state index contributed by atoms with van der Waals surface area (Å²) in [5.41, 5.74) is 0. The average Bonchev–Trinajstić information content (AvgIpc) is 2.03. The van der Waals surface area contributed by atoms with E-state index in [1.165, 1.54) is 0 Å². The quantitative estimate of drug-likeness (QED) is 0.564. The highest BCUT2D eigenvalue weighted by molar-refractivity contribution is 8.27. The fourth-order valence-electron chi connectivity index (χ4n) is 0.806. The molecule has 1 nitrogen and oxygen atoms in total. The Bertz CT molecular complexity index is 171. The molecule has 0 aliphatic heterocycles. The van der Waals surface area contributed by atoms with Crippen LogP contribution in [0.25, 0.3) is 0 Å². The summed E-state index contributed by atoms with van der Waals surface area (Å²) >= 11 is 10.7. The van der Waals surface area contributed by atoms with Crippen LogP contribution in [0.2, 0.25) is 0 Å². The molecule has 1 N–H and O–H groups in total. The van der Waals surface area contributed by atoms with Gasteiger partial charge in [0, 0.05) is 12.6 Å². The van der Waals surface area contributed by atoms with Crippen LogP contribution >= 0.6 is 18.3 Å². The van der Waals surface area contributed by atoms with Crippen molar-refractivity contribution in [2.75, 3.05) is 18.9 Å². The van der Waals surface area contributed by atoms with Crippen molar-refractivity contribution in [3.8, 4) is 0 Å². The molecule has 0 rings (SSSR count). The van der Waals surface area contributed by atoms with E-state index in [4.69, 9.17) is 24.0 Å². The smallest absolute Gasteiger partial charge is 0.108 e. The lowest BCUT2D eigenvalue weighted by molar-refractivity contribution is 0.993. The lowest BCUT2D eigenvalue weighted by Gasteiger charge is -2.19. The Balaban J connectivity index is 4.26. The van der Waals surface area contributed by atoms with E-state index in [0.29, 0.717) is 0 Å². The molecular formula is C7H16NPS2. The molecule has 0 radical (unpaired) electrons. The van der Waals surface area contributed by atoms with Gasteiger partial charge in [-0.05, 0) is 19.2 Å². The SMILES string of the molecule is CCNC(=S)P(=S)(CC)CC. The monoisotopic (exact) mass is 209 g/mol. The second kappa shape index (κ2) is 5.23. The lowest BCUT2D eigenvalue weighted by atomic mass is 10.8. The highest BCUT2D eigenvalue weighted by Crippen LogP contribution is 2.45. The van der Waals surface area contributed by atoms with Gasteiger partial charge in [-0.15, -0.1) is 0 Å². The number of nitrogens with one attached hydrogen (secondary N) is 1. The zero-order valence-electron chi connectivity index (χ0n) is 7.39. The summed E-state index contributed by atoms with van der Waals surface area (Å²) in [5, 5.41) is 3.16. The van der Waals surface area contributed by atoms with Gasteiger partial charge in [0.05, 0.1) is 0 Å². The maximum Gasteiger partial charge on any atom is 0.108 e. The molecule has 0 fully saturated rings. The first-order chi connectivity index (χ1) is 5.10. The van der Waals surface area contributed by atoms with Crippen LogP contribution in [0.15, 0.2) is 0 Å². The summed E-state index contributed by atoms with van der Waals surface area (Å²) in [6.45, 7) is 7.22. The van der Waals surface area contributed by atoms with Crippen molar-refractivity contribution in [3.05, 3.63) is 0 Å². The predicted octanol–water partition coefficient (Wildman–Crippen LogP) is 2.40. The van der Waals surface area contributed by atoms with E-state index < -0.39 is 6.04 Å². The van der Waals surface area contributed by atoms with Gasteiger partial charge < -0.3 is 5.32 Å². The Morgan fingerprint density at radius 1 is 1.27 bits per heavy atom. The molecule has 11 heavy (non-hydrogen) atoms. The van der Waals surface area contributed by atoms with Gasteiger partial charge in [-0.1, -0.05) is 37.9 Å². The molecule has 0 heterocycles. The third-order valence-electron chi connectivity index (χ3n) is 1.72. The summed E-state index contributed by atoms with van der Waals surface area (Å²) in [6.07, 6.45) is 2.09. The van der Waals surface area contributed by atoms with Crippen molar-refractivity contribution in [3.63, 3.8) is 0 Å². The molecule has 0 amide bonds. The molecule has 0 aliphatic carbocycles. The molecule has 0 bridgehead atoms. The maximum absolute atomic E-state index is 5.50. The first-order valence-corrected chi connectivity index (χ1v) is 7.55. The molecule has 0 aromatic rings. The van der Waals surface area contributed by atoms with Crippen LogP contribution < -0.4 is 5.32 Å². The summed E-state index contributed by atoms with van der Waals surface area (Å²) in [5.74, 6) is 0. The van der Waals surface area contributed by atoms with Gasteiger partial charge in [-0.2, -0.15) is 0 Å². The first kappa shape index (κ1) is 11.5. The second-order valence-corrected chi connectivity index (χ2v) is 8.66. The van der Waals surface area contributed by atoms with Crippen LogP contribution in [0.1, 0.15) is 20.8 Å². The molecular weight excluding hydrogens is 193 g/mol. The lowest BCUT2D eigenvalue weighted by Crippen LogP contribution is -2.22. The third kappa shape index (κ3) is 3.18. The van der Waals surface area contributed by atoms with Gasteiger partial charge in [-0.25, -0.2) is 0 Å². The molecule has 66 valence electrons. The van der Waals surface area contributed by atoms with Gasteiger partial charge in [0.25, 0.3) is 0 Å². The van der Waals surface area contributed by atoms with Crippen LogP contribution in [0.4, 0.5) is 0 Å². The Hall–Kier alpha value is 0.540.